The number of benzene rings is 1. The molecule has 0 saturated carbocycles. The molecule has 1 rings (SSSR count). The Kier molecular flexibility index (Phi) is 6.45. The molecule has 112 valence electrons. The Morgan fingerprint density at radius 1 is 1.40 bits per heavy atom. The topological polar surface area (TPSA) is 58.6 Å². The number of ether oxygens (including phenoxy) is 1. The van der Waals surface area contributed by atoms with Gasteiger partial charge in [-0.2, -0.15) is 0 Å². The van der Waals surface area contributed by atoms with Gasteiger partial charge in [0.2, 0.25) is 0 Å². The quantitative estimate of drug-likeness (QED) is 0.807. The zero-order valence-electron chi connectivity index (χ0n) is 12.1. The van der Waals surface area contributed by atoms with Crippen LogP contribution in [0.2, 0.25) is 0 Å². The van der Waals surface area contributed by atoms with Crippen molar-refractivity contribution < 1.29 is 19.0 Å². The molecule has 1 atom stereocenters. The minimum atomic E-state index is -0.815. The van der Waals surface area contributed by atoms with Gasteiger partial charge in [-0.3, -0.25) is 4.79 Å². The van der Waals surface area contributed by atoms with Crippen LogP contribution in [0.25, 0.3) is 0 Å². The summed E-state index contributed by atoms with van der Waals surface area (Å²) in [6.07, 6.45) is 0.0596. The maximum atomic E-state index is 13.7. The number of carbonyl (C=O) groups is 1. The molecule has 1 aromatic rings. The first-order valence-corrected chi connectivity index (χ1v) is 6.78. The van der Waals surface area contributed by atoms with E-state index in [4.69, 9.17) is 9.84 Å². The van der Waals surface area contributed by atoms with E-state index in [1.165, 1.54) is 12.1 Å². The summed E-state index contributed by atoms with van der Waals surface area (Å²) in [5.41, 5.74) is 0.326. The van der Waals surface area contributed by atoms with Crippen molar-refractivity contribution in [2.75, 3.05) is 6.54 Å². The Hall–Kier alpha value is -1.62. The average Bonchev–Trinajstić information content (AvgIpc) is 2.40. The zero-order valence-corrected chi connectivity index (χ0v) is 12.1. The van der Waals surface area contributed by atoms with E-state index >= 15 is 0 Å². The second kappa shape index (κ2) is 7.85. The fourth-order valence-corrected chi connectivity index (χ4v) is 1.67. The van der Waals surface area contributed by atoms with Gasteiger partial charge in [0.1, 0.15) is 0 Å². The van der Waals surface area contributed by atoms with Gasteiger partial charge in [-0.05, 0) is 25.3 Å². The van der Waals surface area contributed by atoms with E-state index in [2.05, 4.69) is 19.2 Å². The highest BCUT2D eigenvalue weighted by Gasteiger charge is 2.18. The number of halogens is 1. The van der Waals surface area contributed by atoms with Gasteiger partial charge < -0.3 is 15.2 Å². The Balaban J connectivity index is 2.61. The van der Waals surface area contributed by atoms with Crippen LogP contribution in [0, 0.1) is 11.7 Å². The fourth-order valence-electron chi connectivity index (χ4n) is 1.67. The van der Waals surface area contributed by atoms with Crippen LogP contribution in [0.4, 0.5) is 4.39 Å². The molecule has 0 heterocycles. The van der Waals surface area contributed by atoms with Crippen molar-refractivity contribution in [1.29, 1.82) is 0 Å². The molecule has 1 unspecified atom stereocenters. The minimum Gasteiger partial charge on any atom is -0.477 e. The third-order valence-corrected chi connectivity index (χ3v) is 2.90. The van der Waals surface area contributed by atoms with E-state index in [1.807, 2.05) is 0 Å². The molecular weight excluding hydrogens is 261 g/mol. The predicted molar refractivity (Wildman–Crippen MR) is 74.9 cm³/mol. The highest BCUT2D eigenvalue weighted by atomic mass is 19.1. The van der Waals surface area contributed by atoms with Crippen molar-refractivity contribution in [2.24, 2.45) is 5.92 Å². The minimum absolute atomic E-state index is 0.0680. The lowest BCUT2D eigenvalue weighted by atomic mass is 10.1. The SMILES string of the molecule is CC(C)CCNC(=O)C(C)Oc1c(F)cccc1CO. The number of aliphatic hydroxyl groups is 1. The van der Waals surface area contributed by atoms with Crippen LogP contribution in [0.15, 0.2) is 18.2 Å². The highest BCUT2D eigenvalue weighted by Crippen LogP contribution is 2.23. The van der Waals surface area contributed by atoms with Gasteiger partial charge in [-0.1, -0.05) is 26.0 Å². The second-order valence-corrected chi connectivity index (χ2v) is 5.12. The molecule has 0 aromatic heterocycles. The first kappa shape index (κ1) is 16.4. The lowest BCUT2D eigenvalue weighted by Crippen LogP contribution is -2.37. The van der Waals surface area contributed by atoms with Crippen molar-refractivity contribution in [3.63, 3.8) is 0 Å². The monoisotopic (exact) mass is 283 g/mol. The Labute approximate surface area is 119 Å². The van der Waals surface area contributed by atoms with Crippen LogP contribution in [-0.2, 0) is 11.4 Å². The number of amides is 1. The fraction of sp³-hybridized carbons (Fsp3) is 0.533. The van der Waals surface area contributed by atoms with E-state index in [9.17, 15) is 9.18 Å². The lowest BCUT2D eigenvalue weighted by Gasteiger charge is -2.17. The maximum absolute atomic E-state index is 13.7. The first-order chi connectivity index (χ1) is 9.45. The van der Waals surface area contributed by atoms with Crippen LogP contribution in [0.3, 0.4) is 0 Å². The summed E-state index contributed by atoms with van der Waals surface area (Å²) in [6.45, 7) is 5.92. The van der Waals surface area contributed by atoms with Crippen molar-refractivity contribution in [3.05, 3.63) is 29.6 Å². The van der Waals surface area contributed by atoms with Gasteiger partial charge in [-0.15, -0.1) is 0 Å². The summed E-state index contributed by atoms with van der Waals surface area (Å²) >= 11 is 0. The van der Waals surface area contributed by atoms with Crippen LogP contribution in [0.1, 0.15) is 32.8 Å². The largest absolute Gasteiger partial charge is 0.477 e. The zero-order chi connectivity index (χ0) is 15.1. The molecule has 0 saturated heterocycles. The molecule has 1 aromatic carbocycles. The molecule has 1 amide bonds. The highest BCUT2D eigenvalue weighted by molar-refractivity contribution is 5.80. The van der Waals surface area contributed by atoms with Gasteiger partial charge in [0, 0.05) is 12.1 Å². The summed E-state index contributed by atoms with van der Waals surface area (Å²) in [6, 6.07) is 4.28. The Morgan fingerprint density at radius 2 is 2.10 bits per heavy atom. The number of hydrogen-bond donors (Lipinski definition) is 2. The van der Waals surface area contributed by atoms with E-state index < -0.39 is 11.9 Å². The van der Waals surface area contributed by atoms with Crippen LogP contribution >= 0.6 is 0 Å². The van der Waals surface area contributed by atoms with E-state index in [0.717, 1.165) is 6.42 Å². The van der Waals surface area contributed by atoms with Crippen LogP contribution in [-0.4, -0.2) is 23.7 Å². The van der Waals surface area contributed by atoms with E-state index in [0.29, 0.717) is 18.0 Å². The van der Waals surface area contributed by atoms with Gasteiger partial charge in [0.15, 0.2) is 17.7 Å². The molecule has 20 heavy (non-hydrogen) atoms. The first-order valence-electron chi connectivity index (χ1n) is 6.78. The maximum Gasteiger partial charge on any atom is 0.260 e. The number of nitrogens with one attached hydrogen (secondary N) is 1. The second-order valence-electron chi connectivity index (χ2n) is 5.12. The summed E-state index contributed by atoms with van der Waals surface area (Å²) in [5, 5.41) is 11.9. The van der Waals surface area contributed by atoms with E-state index in [-0.39, 0.29) is 18.3 Å². The molecule has 0 radical (unpaired) electrons. The molecule has 4 nitrogen and oxygen atoms in total. The van der Waals surface area contributed by atoms with Crippen LogP contribution in [0.5, 0.6) is 5.75 Å². The molecule has 0 bridgehead atoms. The standard InChI is InChI=1S/C15H22FNO3/c1-10(2)7-8-17-15(19)11(3)20-14-12(9-18)5-4-6-13(14)16/h4-6,10-11,18H,7-9H2,1-3H3,(H,17,19). The summed E-state index contributed by atoms with van der Waals surface area (Å²) in [4.78, 5) is 11.8. The molecule has 0 aliphatic heterocycles. The van der Waals surface area contributed by atoms with Crippen molar-refractivity contribution in [1.82, 2.24) is 5.32 Å². The molecule has 5 heteroatoms. The number of para-hydroxylation sites is 1. The lowest BCUT2D eigenvalue weighted by molar-refractivity contribution is -0.127. The summed E-state index contributed by atoms with van der Waals surface area (Å²) in [7, 11) is 0. The third-order valence-electron chi connectivity index (χ3n) is 2.90. The third kappa shape index (κ3) is 4.81. The number of rotatable bonds is 7. The number of hydrogen-bond acceptors (Lipinski definition) is 3. The molecule has 0 fully saturated rings. The van der Waals surface area contributed by atoms with Crippen LogP contribution < -0.4 is 10.1 Å². The smallest absolute Gasteiger partial charge is 0.260 e. The Morgan fingerprint density at radius 3 is 2.70 bits per heavy atom. The van der Waals surface area contributed by atoms with Gasteiger partial charge in [-0.25, -0.2) is 4.39 Å². The van der Waals surface area contributed by atoms with Crippen molar-refractivity contribution in [3.8, 4) is 5.75 Å². The average molecular weight is 283 g/mol. The number of carbonyl (C=O) groups excluding carboxylic acids is 1. The molecule has 0 spiro atoms. The van der Waals surface area contributed by atoms with Gasteiger partial charge >= 0.3 is 0 Å². The number of aliphatic hydroxyl groups excluding tert-OH is 1. The van der Waals surface area contributed by atoms with Gasteiger partial charge in [0.05, 0.1) is 6.61 Å². The molecule has 2 N–H and O–H groups in total. The van der Waals surface area contributed by atoms with E-state index in [1.54, 1.807) is 13.0 Å². The molecule has 0 aliphatic rings. The van der Waals surface area contributed by atoms with Crippen molar-refractivity contribution in [2.45, 2.75) is 39.9 Å². The van der Waals surface area contributed by atoms with Crippen molar-refractivity contribution >= 4 is 5.91 Å². The molecule has 0 aliphatic carbocycles. The Bertz CT molecular complexity index is 449. The van der Waals surface area contributed by atoms with Gasteiger partial charge in [0.25, 0.3) is 5.91 Å². The normalized spacial score (nSPS) is 12.3. The summed E-state index contributed by atoms with van der Waals surface area (Å²) in [5.74, 6) is -0.447. The summed E-state index contributed by atoms with van der Waals surface area (Å²) < 4.78 is 19.0. The molecular formula is C15H22FNO3. The predicted octanol–water partition coefficient (Wildman–Crippen LogP) is 2.25.